The average Bonchev–Trinajstić information content (AvgIpc) is 2.56. The second-order valence-corrected chi connectivity index (χ2v) is 5.26. The van der Waals surface area contributed by atoms with Crippen LogP contribution in [0, 0.1) is 6.92 Å². The van der Waals surface area contributed by atoms with Gasteiger partial charge in [-0.05, 0) is 30.7 Å². The number of hydrogen-bond acceptors (Lipinski definition) is 3. The lowest BCUT2D eigenvalue weighted by Gasteiger charge is -2.13. The predicted octanol–water partition coefficient (Wildman–Crippen LogP) is 2.57. The normalized spacial score (nSPS) is 11.2. The molecule has 0 heterocycles. The largest absolute Gasteiger partial charge is 0.508 e. The maximum absolute atomic E-state index is 9.90. The van der Waals surface area contributed by atoms with E-state index in [1.165, 1.54) is 11.1 Å². The Morgan fingerprint density at radius 1 is 1.13 bits per heavy atom. The van der Waals surface area contributed by atoms with Crippen LogP contribution < -0.4 is 15.4 Å². The zero-order valence-corrected chi connectivity index (χ0v) is 13.8. The first kappa shape index (κ1) is 16.7. The molecule has 0 aliphatic carbocycles. The van der Waals surface area contributed by atoms with E-state index in [2.05, 4.69) is 40.7 Å². The van der Waals surface area contributed by atoms with Gasteiger partial charge in [0, 0.05) is 25.7 Å². The highest BCUT2D eigenvalue weighted by molar-refractivity contribution is 5.79. The van der Waals surface area contributed by atoms with Gasteiger partial charge in [-0.1, -0.05) is 29.8 Å². The number of benzene rings is 2. The second kappa shape index (κ2) is 8.08. The number of methoxy groups -OCH3 is 1. The van der Waals surface area contributed by atoms with Crippen molar-refractivity contribution < 1.29 is 9.84 Å². The molecule has 0 saturated carbocycles. The van der Waals surface area contributed by atoms with Gasteiger partial charge in [-0.25, -0.2) is 0 Å². The number of guanidine groups is 1. The Morgan fingerprint density at radius 3 is 2.61 bits per heavy atom. The van der Waals surface area contributed by atoms with Crippen LogP contribution in [0.4, 0.5) is 0 Å². The van der Waals surface area contributed by atoms with Gasteiger partial charge in [0.1, 0.15) is 11.5 Å². The van der Waals surface area contributed by atoms with Crippen LogP contribution in [-0.2, 0) is 13.1 Å². The van der Waals surface area contributed by atoms with Crippen molar-refractivity contribution in [2.75, 3.05) is 14.2 Å². The molecule has 0 radical (unpaired) electrons. The fourth-order valence-electron chi connectivity index (χ4n) is 2.24. The Bertz CT molecular complexity index is 684. The van der Waals surface area contributed by atoms with E-state index in [4.69, 9.17) is 4.74 Å². The SMILES string of the molecule is CN=C(NCc1cccc(C)c1)NCc1cc(OC)ccc1O. The van der Waals surface area contributed by atoms with Crippen molar-refractivity contribution in [2.24, 2.45) is 4.99 Å². The molecule has 2 aromatic carbocycles. The van der Waals surface area contributed by atoms with Crippen LogP contribution in [-0.4, -0.2) is 25.2 Å². The van der Waals surface area contributed by atoms with Gasteiger partial charge in [0.15, 0.2) is 5.96 Å². The summed E-state index contributed by atoms with van der Waals surface area (Å²) in [7, 11) is 3.32. The van der Waals surface area contributed by atoms with E-state index in [0.717, 1.165) is 5.56 Å². The summed E-state index contributed by atoms with van der Waals surface area (Å²) in [6, 6.07) is 13.5. The number of nitrogens with zero attached hydrogens (tertiary/aromatic N) is 1. The Kier molecular flexibility index (Phi) is 5.86. The van der Waals surface area contributed by atoms with Crippen LogP contribution in [0.2, 0.25) is 0 Å². The van der Waals surface area contributed by atoms with Gasteiger partial charge in [0.05, 0.1) is 7.11 Å². The molecule has 23 heavy (non-hydrogen) atoms. The van der Waals surface area contributed by atoms with E-state index in [-0.39, 0.29) is 5.75 Å². The zero-order valence-electron chi connectivity index (χ0n) is 13.8. The summed E-state index contributed by atoms with van der Waals surface area (Å²) in [4.78, 5) is 4.19. The Balaban J connectivity index is 1.93. The number of hydrogen-bond donors (Lipinski definition) is 3. The van der Waals surface area contributed by atoms with E-state index in [9.17, 15) is 5.11 Å². The molecule has 0 atom stereocenters. The number of aryl methyl sites for hydroxylation is 1. The van der Waals surface area contributed by atoms with E-state index in [1.807, 2.05) is 6.07 Å². The number of phenolic OH excluding ortho intramolecular Hbond substituents is 1. The fourth-order valence-corrected chi connectivity index (χ4v) is 2.24. The summed E-state index contributed by atoms with van der Waals surface area (Å²) < 4.78 is 5.17. The van der Waals surface area contributed by atoms with E-state index in [1.54, 1.807) is 32.4 Å². The molecular formula is C18H23N3O2. The molecule has 0 bridgehead atoms. The van der Waals surface area contributed by atoms with Crippen LogP contribution in [0.3, 0.4) is 0 Å². The third-order valence-electron chi connectivity index (χ3n) is 3.50. The van der Waals surface area contributed by atoms with Gasteiger partial charge in [-0.15, -0.1) is 0 Å². The summed E-state index contributed by atoms with van der Waals surface area (Å²) in [5, 5.41) is 16.3. The van der Waals surface area contributed by atoms with E-state index < -0.39 is 0 Å². The molecule has 5 heteroatoms. The van der Waals surface area contributed by atoms with Crippen molar-refractivity contribution in [1.29, 1.82) is 0 Å². The number of rotatable bonds is 5. The average molecular weight is 313 g/mol. The molecule has 122 valence electrons. The van der Waals surface area contributed by atoms with Crippen molar-refractivity contribution in [3.8, 4) is 11.5 Å². The standard InChI is InChI=1S/C18H23N3O2/c1-13-5-4-6-14(9-13)11-20-18(19-2)21-12-15-10-16(23-3)7-8-17(15)22/h4-10,22H,11-12H2,1-3H3,(H2,19,20,21). The Hall–Kier alpha value is -2.69. The fraction of sp³-hybridized carbons (Fsp3) is 0.278. The van der Waals surface area contributed by atoms with Crippen LogP contribution >= 0.6 is 0 Å². The molecule has 0 aliphatic rings. The smallest absolute Gasteiger partial charge is 0.191 e. The molecule has 0 fully saturated rings. The molecule has 2 rings (SSSR count). The molecule has 0 spiro atoms. The van der Waals surface area contributed by atoms with Crippen LogP contribution in [0.5, 0.6) is 11.5 Å². The van der Waals surface area contributed by atoms with E-state index in [0.29, 0.717) is 24.8 Å². The first-order valence-electron chi connectivity index (χ1n) is 7.48. The minimum Gasteiger partial charge on any atom is -0.508 e. The molecule has 5 nitrogen and oxygen atoms in total. The lowest BCUT2D eigenvalue weighted by Crippen LogP contribution is -2.36. The van der Waals surface area contributed by atoms with Crippen LogP contribution in [0.1, 0.15) is 16.7 Å². The summed E-state index contributed by atoms with van der Waals surface area (Å²) in [6.45, 7) is 3.21. The lowest BCUT2D eigenvalue weighted by atomic mass is 10.1. The molecule has 0 aliphatic heterocycles. The van der Waals surface area contributed by atoms with E-state index >= 15 is 0 Å². The molecule has 0 saturated heterocycles. The second-order valence-electron chi connectivity index (χ2n) is 5.26. The number of nitrogens with one attached hydrogen (secondary N) is 2. The van der Waals surface area contributed by atoms with Crippen molar-refractivity contribution in [3.05, 3.63) is 59.2 Å². The topological polar surface area (TPSA) is 65.9 Å². The van der Waals surface area contributed by atoms with Gasteiger partial charge >= 0.3 is 0 Å². The van der Waals surface area contributed by atoms with Gasteiger partial charge in [-0.2, -0.15) is 0 Å². The first-order valence-corrected chi connectivity index (χ1v) is 7.48. The number of aromatic hydroxyl groups is 1. The third-order valence-corrected chi connectivity index (χ3v) is 3.50. The maximum atomic E-state index is 9.90. The molecule has 0 unspecified atom stereocenters. The lowest BCUT2D eigenvalue weighted by molar-refractivity contribution is 0.410. The quantitative estimate of drug-likeness (QED) is 0.586. The highest BCUT2D eigenvalue weighted by Crippen LogP contribution is 2.22. The summed E-state index contributed by atoms with van der Waals surface area (Å²) in [5.74, 6) is 1.61. The van der Waals surface area contributed by atoms with Gasteiger partial charge in [-0.3, -0.25) is 4.99 Å². The minimum atomic E-state index is 0.229. The maximum Gasteiger partial charge on any atom is 0.191 e. The number of aliphatic imine (C=N–C) groups is 1. The van der Waals surface area contributed by atoms with Crippen LogP contribution in [0.15, 0.2) is 47.5 Å². The molecule has 0 amide bonds. The van der Waals surface area contributed by atoms with Crippen LogP contribution in [0.25, 0.3) is 0 Å². The van der Waals surface area contributed by atoms with Crippen molar-refractivity contribution in [3.63, 3.8) is 0 Å². The highest BCUT2D eigenvalue weighted by Gasteiger charge is 2.05. The monoisotopic (exact) mass is 313 g/mol. The molecule has 2 aromatic rings. The number of phenols is 1. The summed E-state index contributed by atoms with van der Waals surface area (Å²) in [6.07, 6.45) is 0. The molecular weight excluding hydrogens is 290 g/mol. The third kappa shape index (κ3) is 4.92. The molecule has 0 aromatic heterocycles. The highest BCUT2D eigenvalue weighted by atomic mass is 16.5. The van der Waals surface area contributed by atoms with Gasteiger partial charge in [0.25, 0.3) is 0 Å². The zero-order chi connectivity index (χ0) is 16.7. The Labute approximate surface area is 137 Å². The van der Waals surface area contributed by atoms with Crippen molar-refractivity contribution in [2.45, 2.75) is 20.0 Å². The van der Waals surface area contributed by atoms with Crippen molar-refractivity contribution >= 4 is 5.96 Å². The summed E-state index contributed by atoms with van der Waals surface area (Å²) >= 11 is 0. The van der Waals surface area contributed by atoms with Crippen molar-refractivity contribution in [1.82, 2.24) is 10.6 Å². The Morgan fingerprint density at radius 2 is 1.91 bits per heavy atom. The number of ether oxygens (including phenoxy) is 1. The summed E-state index contributed by atoms with van der Waals surface area (Å²) in [5.41, 5.74) is 3.17. The van der Waals surface area contributed by atoms with Gasteiger partial charge in [0.2, 0.25) is 0 Å². The predicted molar refractivity (Wildman–Crippen MR) is 92.9 cm³/mol. The minimum absolute atomic E-state index is 0.229. The van der Waals surface area contributed by atoms with Gasteiger partial charge < -0.3 is 20.5 Å². The first-order chi connectivity index (χ1) is 11.1. The molecule has 3 N–H and O–H groups in total.